The molecule has 0 unspecified atom stereocenters. The van der Waals surface area contributed by atoms with E-state index in [2.05, 4.69) is 11.3 Å². The zero-order valence-electron chi connectivity index (χ0n) is 6.09. The molecular formula is C6H11NO2S. The van der Waals surface area contributed by atoms with E-state index >= 15 is 0 Å². The highest BCUT2D eigenvalue weighted by Crippen LogP contribution is 2.00. The van der Waals surface area contributed by atoms with E-state index in [1.165, 1.54) is 13.1 Å². The minimum atomic E-state index is -3.29. The van der Waals surface area contributed by atoms with Crippen LogP contribution in [0.5, 0.6) is 0 Å². The monoisotopic (exact) mass is 161 g/mol. The molecule has 3 nitrogen and oxygen atoms in total. The zero-order valence-corrected chi connectivity index (χ0v) is 6.90. The molecule has 0 rings (SSSR count). The summed E-state index contributed by atoms with van der Waals surface area (Å²) in [6, 6.07) is 0. The zero-order chi connectivity index (χ0) is 8.20. The lowest BCUT2D eigenvalue weighted by Gasteiger charge is -1.98. The Labute approximate surface area is 61.5 Å². The first-order valence-corrected chi connectivity index (χ1v) is 4.28. The highest BCUT2D eigenvalue weighted by Gasteiger charge is 2.07. The Hall–Kier alpha value is -0.610. The Morgan fingerprint density at radius 1 is 1.60 bits per heavy atom. The Morgan fingerprint density at radius 2 is 2.10 bits per heavy atom. The molecule has 0 atom stereocenters. The quantitative estimate of drug-likeness (QED) is 0.617. The fourth-order valence-electron chi connectivity index (χ4n) is 0.407. The number of hydrogen-bond acceptors (Lipinski definition) is 2. The fourth-order valence-corrected chi connectivity index (χ4v) is 0.984. The largest absolute Gasteiger partial charge is 0.239 e. The van der Waals surface area contributed by atoms with Gasteiger partial charge in [0.2, 0.25) is 10.0 Å². The molecule has 58 valence electrons. The molecule has 0 amide bonds. The average Bonchev–Trinajstić information content (AvgIpc) is 1.89. The van der Waals surface area contributed by atoms with Gasteiger partial charge in [0.25, 0.3) is 0 Å². The summed E-state index contributed by atoms with van der Waals surface area (Å²) in [6.45, 7) is 5.08. The SMILES string of the molecule is C=C(C=CC)S(=O)(=O)NC. The molecule has 0 aromatic rings. The highest BCUT2D eigenvalue weighted by molar-refractivity contribution is 7.93. The molecule has 0 radical (unpaired) electrons. The van der Waals surface area contributed by atoms with Crippen LogP contribution in [-0.2, 0) is 10.0 Å². The Morgan fingerprint density at radius 3 is 2.40 bits per heavy atom. The second kappa shape index (κ2) is 3.53. The van der Waals surface area contributed by atoms with Crippen LogP contribution in [0.1, 0.15) is 6.92 Å². The predicted octanol–water partition coefficient (Wildman–Crippen LogP) is 0.625. The molecule has 0 heterocycles. The van der Waals surface area contributed by atoms with Gasteiger partial charge in [-0.15, -0.1) is 0 Å². The minimum Gasteiger partial charge on any atom is -0.214 e. The number of sulfonamides is 1. The first-order valence-electron chi connectivity index (χ1n) is 2.79. The standard InChI is InChI=1S/C6H11NO2S/c1-4-5-6(2)10(8,9)7-3/h4-5,7H,2H2,1,3H3. The summed E-state index contributed by atoms with van der Waals surface area (Å²) < 4.78 is 23.8. The summed E-state index contributed by atoms with van der Waals surface area (Å²) >= 11 is 0. The summed E-state index contributed by atoms with van der Waals surface area (Å²) in [5.41, 5.74) is 0. The van der Waals surface area contributed by atoms with Crippen molar-refractivity contribution in [3.8, 4) is 0 Å². The van der Waals surface area contributed by atoms with Gasteiger partial charge in [-0.3, -0.25) is 0 Å². The summed E-state index contributed by atoms with van der Waals surface area (Å²) in [5.74, 6) is 0. The third-order valence-electron chi connectivity index (χ3n) is 0.966. The van der Waals surface area contributed by atoms with Gasteiger partial charge >= 0.3 is 0 Å². The van der Waals surface area contributed by atoms with E-state index < -0.39 is 10.0 Å². The lowest BCUT2D eigenvalue weighted by molar-refractivity contribution is 0.595. The molecule has 0 aliphatic rings. The maximum absolute atomic E-state index is 10.8. The van der Waals surface area contributed by atoms with E-state index in [9.17, 15) is 8.42 Å². The van der Waals surface area contributed by atoms with Crippen molar-refractivity contribution in [3.63, 3.8) is 0 Å². The molecule has 0 spiro atoms. The molecule has 4 heteroatoms. The van der Waals surface area contributed by atoms with Gasteiger partial charge in [0.15, 0.2) is 0 Å². The second-order valence-electron chi connectivity index (χ2n) is 1.67. The van der Waals surface area contributed by atoms with E-state index in [0.717, 1.165) is 0 Å². The first kappa shape index (κ1) is 9.39. The van der Waals surface area contributed by atoms with Crippen LogP contribution in [0.2, 0.25) is 0 Å². The molecule has 10 heavy (non-hydrogen) atoms. The van der Waals surface area contributed by atoms with Gasteiger partial charge in [0, 0.05) is 0 Å². The van der Waals surface area contributed by atoms with E-state index in [-0.39, 0.29) is 4.91 Å². The van der Waals surface area contributed by atoms with Crippen LogP contribution in [0, 0.1) is 0 Å². The van der Waals surface area contributed by atoms with Gasteiger partial charge in [-0.25, -0.2) is 13.1 Å². The summed E-state index contributed by atoms with van der Waals surface area (Å²) in [6.07, 6.45) is 3.06. The predicted molar refractivity (Wildman–Crippen MR) is 41.9 cm³/mol. The van der Waals surface area contributed by atoms with Crippen LogP contribution in [0.25, 0.3) is 0 Å². The van der Waals surface area contributed by atoms with Gasteiger partial charge in [0.1, 0.15) is 0 Å². The Balaban J connectivity index is 4.52. The van der Waals surface area contributed by atoms with Crippen LogP contribution >= 0.6 is 0 Å². The highest BCUT2D eigenvalue weighted by atomic mass is 32.2. The van der Waals surface area contributed by atoms with Gasteiger partial charge in [0.05, 0.1) is 4.91 Å². The van der Waals surface area contributed by atoms with Gasteiger partial charge in [-0.05, 0) is 20.0 Å². The van der Waals surface area contributed by atoms with Crippen molar-refractivity contribution in [1.29, 1.82) is 0 Å². The van der Waals surface area contributed by atoms with Crippen LogP contribution in [-0.4, -0.2) is 15.5 Å². The van der Waals surface area contributed by atoms with Crippen LogP contribution in [0.3, 0.4) is 0 Å². The van der Waals surface area contributed by atoms with E-state index in [1.54, 1.807) is 13.0 Å². The van der Waals surface area contributed by atoms with Crippen LogP contribution in [0.4, 0.5) is 0 Å². The molecular weight excluding hydrogens is 150 g/mol. The van der Waals surface area contributed by atoms with Crippen molar-refractivity contribution in [2.24, 2.45) is 0 Å². The molecule has 0 saturated carbocycles. The smallest absolute Gasteiger partial charge is 0.214 e. The number of hydrogen-bond donors (Lipinski definition) is 1. The van der Waals surface area contributed by atoms with Crippen molar-refractivity contribution >= 4 is 10.0 Å². The minimum absolute atomic E-state index is 0.0810. The summed E-state index contributed by atoms with van der Waals surface area (Å²) in [4.78, 5) is 0.0810. The van der Waals surface area contributed by atoms with Crippen molar-refractivity contribution in [2.75, 3.05) is 7.05 Å². The third kappa shape index (κ3) is 2.33. The molecule has 0 saturated heterocycles. The Kier molecular flexibility index (Phi) is 3.32. The Bertz CT molecular complexity index is 238. The van der Waals surface area contributed by atoms with Gasteiger partial charge < -0.3 is 0 Å². The number of nitrogens with one attached hydrogen (secondary N) is 1. The van der Waals surface area contributed by atoms with Crippen molar-refractivity contribution < 1.29 is 8.42 Å². The molecule has 0 aromatic heterocycles. The normalized spacial score (nSPS) is 12.2. The van der Waals surface area contributed by atoms with Crippen LogP contribution < -0.4 is 4.72 Å². The topological polar surface area (TPSA) is 46.2 Å². The molecule has 0 aliphatic carbocycles. The molecule has 0 bridgehead atoms. The molecule has 0 aliphatic heterocycles. The number of allylic oxidation sites excluding steroid dienone is 2. The number of rotatable bonds is 3. The fraction of sp³-hybridized carbons (Fsp3) is 0.333. The maximum atomic E-state index is 10.8. The lowest BCUT2D eigenvalue weighted by Crippen LogP contribution is -2.18. The molecule has 0 aromatic carbocycles. The van der Waals surface area contributed by atoms with E-state index in [1.807, 2.05) is 0 Å². The average molecular weight is 161 g/mol. The van der Waals surface area contributed by atoms with Crippen molar-refractivity contribution in [1.82, 2.24) is 4.72 Å². The second-order valence-corrected chi connectivity index (χ2v) is 3.61. The van der Waals surface area contributed by atoms with Crippen molar-refractivity contribution in [2.45, 2.75) is 6.92 Å². The molecule has 1 N–H and O–H groups in total. The van der Waals surface area contributed by atoms with E-state index in [0.29, 0.717) is 0 Å². The lowest BCUT2D eigenvalue weighted by atomic mass is 10.5. The van der Waals surface area contributed by atoms with Crippen LogP contribution in [0.15, 0.2) is 23.6 Å². The first-order chi connectivity index (χ1) is 4.54. The van der Waals surface area contributed by atoms with Crippen molar-refractivity contribution in [3.05, 3.63) is 23.6 Å². The van der Waals surface area contributed by atoms with Gasteiger partial charge in [-0.2, -0.15) is 0 Å². The van der Waals surface area contributed by atoms with E-state index in [4.69, 9.17) is 0 Å². The maximum Gasteiger partial charge on any atom is 0.239 e. The molecule has 0 fully saturated rings. The summed E-state index contributed by atoms with van der Waals surface area (Å²) in [7, 11) is -1.94. The van der Waals surface area contributed by atoms with Gasteiger partial charge in [-0.1, -0.05) is 12.7 Å². The summed E-state index contributed by atoms with van der Waals surface area (Å²) in [5, 5.41) is 0. The third-order valence-corrected chi connectivity index (χ3v) is 2.33.